The van der Waals surface area contributed by atoms with Gasteiger partial charge in [-0.05, 0) is 31.0 Å². The Hall–Kier alpha value is -2.36. The van der Waals surface area contributed by atoms with Gasteiger partial charge in [-0.1, -0.05) is 37.3 Å². The molecule has 1 aromatic heterocycles. The number of hydrogen-bond acceptors (Lipinski definition) is 3. The van der Waals surface area contributed by atoms with E-state index in [-0.39, 0.29) is 11.6 Å². The van der Waals surface area contributed by atoms with Crippen LogP contribution in [0, 0.1) is 6.92 Å². The Labute approximate surface area is 118 Å². The van der Waals surface area contributed by atoms with Gasteiger partial charge in [0, 0.05) is 0 Å². The van der Waals surface area contributed by atoms with Crippen molar-refractivity contribution in [3.63, 3.8) is 0 Å². The van der Waals surface area contributed by atoms with Gasteiger partial charge in [0.15, 0.2) is 0 Å². The highest BCUT2D eigenvalue weighted by Gasteiger charge is 2.12. The molecule has 0 aliphatic carbocycles. The largest absolute Gasteiger partial charge is 0.478 e. The number of nitrogens with one attached hydrogen (secondary N) is 1. The number of anilines is 1. The summed E-state index contributed by atoms with van der Waals surface area (Å²) >= 11 is 0. The van der Waals surface area contributed by atoms with E-state index in [0.717, 1.165) is 6.42 Å². The molecule has 0 fully saturated rings. The summed E-state index contributed by atoms with van der Waals surface area (Å²) in [4.78, 5) is 15.3. The van der Waals surface area contributed by atoms with Crippen LogP contribution in [0.4, 0.5) is 5.82 Å². The van der Waals surface area contributed by atoms with Gasteiger partial charge in [0.1, 0.15) is 5.82 Å². The minimum absolute atomic E-state index is 0.166. The van der Waals surface area contributed by atoms with Gasteiger partial charge >= 0.3 is 5.97 Å². The Kier molecular flexibility index (Phi) is 4.35. The Morgan fingerprint density at radius 1 is 1.25 bits per heavy atom. The summed E-state index contributed by atoms with van der Waals surface area (Å²) < 4.78 is 0. The van der Waals surface area contributed by atoms with Crippen molar-refractivity contribution in [3.8, 4) is 0 Å². The van der Waals surface area contributed by atoms with Crippen molar-refractivity contribution < 1.29 is 9.90 Å². The Morgan fingerprint density at radius 3 is 2.50 bits per heavy atom. The van der Waals surface area contributed by atoms with Crippen LogP contribution in [0.25, 0.3) is 0 Å². The van der Waals surface area contributed by atoms with E-state index in [4.69, 9.17) is 5.11 Å². The molecule has 0 spiro atoms. The molecule has 2 rings (SSSR count). The molecule has 104 valence electrons. The third-order valence-electron chi connectivity index (χ3n) is 3.25. The summed E-state index contributed by atoms with van der Waals surface area (Å²) in [6, 6.07) is 13.6. The number of carboxylic acids is 1. The molecule has 2 N–H and O–H groups in total. The lowest BCUT2D eigenvalue weighted by Gasteiger charge is -2.18. The summed E-state index contributed by atoms with van der Waals surface area (Å²) in [7, 11) is 0. The standard InChI is InChI=1S/C16H18N2O2/c1-3-14(12-7-5-4-6-8-12)18-15-10-9-13(16(19)20)11(2)17-15/h4-10,14H,3H2,1-2H3,(H,17,18)(H,19,20). The smallest absolute Gasteiger partial charge is 0.337 e. The topological polar surface area (TPSA) is 62.2 Å². The minimum atomic E-state index is -0.948. The maximum atomic E-state index is 11.0. The number of carboxylic acid groups (broad SMARTS) is 1. The molecule has 0 radical (unpaired) electrons. The van der Waals surface area contributed by atoms with Crippen LogP contribution < -0.4 is 5.32 Å². The van der Waals surface area contributed by atoms with Crippen molar-refractivity contribution in [2.24, 2.45) is 0 Å². The number of nitrogens with zero attached hydrogens (tertiary/aromatic N) is 1. The van der Waals surface area contributed by atoms with Crippen molar-refractivity contribution in [2.75, 3.05) is 5.32 Å². The first-order chi connectivity index (χ1) is 9.61. The highest BCUT2D eigenvalue weighted by molar-refractivity contribution is 5.89. The van der Waals surface area contributed by atoms with Crippen LogP contribution >= 0.6 is 0 Å². The highest BCUT2D eigenvalue weighted by atomic mass is 16.4. The van der Waals surface area contributed by atoms with Gasteiger partial charge in [-0.25, -0.2) is 9.78 Å². The van der Waals surface area contributed by atoms with Gasteiger partial charge in [-0.3, -0.25) is 0 Å². The zero-order chi connectivity index (χ0) is 14.5. The zero-order valence-corrected chi connectivity index (χ0v) is 11.6. The summed E-state index contributed by atoms with van der Waals surface area (Å²) in [6.07, 6.45) is 0.922. The van der Waals surface area contributed by atoms with Crippen molar-refractivity contribution in [1.82, 2.24) is 4.98 Å². The van der Waals surface area contributed by atoms with Gasteiger partial charge in [0.05, 0.1) is 17.3 Å². The van der Waals surface area contributed by atoms with Crippen LogP contribution in [0.5, 0.6) is 0 Å². The molecule has 2 aromatic rings. The Bertz CT molecular complexity index is 597. The number of carbonyl (C=O) groups is 1. The van der Waals surface area contributed by atoms with E-state index in [2.05, 4.69) is 29.4 Å². The SMILES string of the molecule is CCC(Nc1ccc(C(=O)O)c(C)n1)c1ccccc1. The van der Waals surface area contributed by atoms with Crippen molar-refractivity contribution in [3.05, 3.63) is 59.3 Å². The van der Waals surface area contributed by atoms with Crippen molar-refractivity contribution in [2.45, 2.75) is 26.3 Å². The quantitative estimate of drug-likeness (QED) is 0.870. The highest BCUT2D eigenvalue weighted by Crippen LogP contribution is 2.22. The Morgan fingerprint density at radius 2 is 1.95 bits per heavy atom. The molecule has 1 aromatic carbocycles. The van der Waals surface area contributed by atoms with E-state index < -0.39 is 5.97 Å². The summed E-state index contributed by atoms with van der Waals surface area (Å²) in [5.74, 6) is -0.250. The predicted octanol–water partition coefficient (Wildman–Crippen LogP) is 3.65. The van der Waals surface area contributed by atoms with E-state index >= 15 is 0 Å². The number of hydrogen-bond donors (Lipinski definition) is 2. The maximum absolute atomic E-state index is 11.0. The molecule has 0 bridgehead atoms. The lowest BCUT2D eigenvalue weighted by Crippen LogP contribution is -2.12. The van der Waals surface area contributed by atoms with E-state index in [0.29, 0.717) is 11.5 Å². The number of aryl methyl sites for hydroxylation is 1. The monoisotopic (exact) mass is 270 g/mol. The number of aromatic carboxylic acids is 1. The van der Waals surface area contributed by atoms with E-state index in [1.54, 1.807) is 19.1 Å². The first-order valence-corrected chi connectivity index (χ1v) is 6.64. The van der Waals surface area contributed by atoms with Gasteiger partial charge in [0.25, 0.3) is 0 Å². The van der Waals surface area contributed by atoms with Crippen LogP contribution in [0.3, 0.4) is 0 Å². The van der Waals surface area contributed by atoms with Crippen molar-refractivity contribution in [1.29, 1.82) is 0 Å². The molecule has 20 heavy (non-hydrogen) atoms. The first kappa shape index (κ1) is 14.1. The number of aromatic nitrogens is 1. The summed E-state index contributed by atoms with van der Waals surface area (Å²) in [5.41, 5.74) is 1.95. The molecular formula is C16H18N2O2. The number of rotatable bonds is 5. The average Bonchev–Trinajstić information content (AvgIpc) is 2.45. The van der Waals surface area contributed by atoms with Crippen LogP contribution in [0.2, 0.25) is 0 Å². The normalized spacial score (nSPS) is 11.9. The minimum Gasteiger partial charge on any atom is -0.478 e. The van der Waals surface area contributed by atoms with Gasteiger partial charge < -0.3 is 10.4 Å². The van der Waals surface area contributed by atoms with Crippen LogP contribution in [0.1, 0.15) is 41.0 Å². The third kappa shape index (κ3) is 3.15. The lowest BCUT2D eigenvalue weighted by atomic mass is 10.0. The second-order valence-corrected chi connectivity index (χ2v) is 4.65. The molecule has 1 atom stereocenters. The molecule has 0 amide bonds. The van der Waals surface area contributed by atoms with Gasteiger partial charge in [-0.15, -0.1) is 0 Å². The predicted molar refractivity (Wildman–Crippen MR) is 79.0 cm³/mol. The molecule has 0 saturated carbocycles. The van der Waals surface area contributed by atoms with Crippen LogP contribution in [-0.2, 0) is 0 Å². The molecule has 1 unspecified atom stereocenters. The van der Waals surface area contributed by atoms with E-state index in [9.17, 15) is 4.79 Å². The fourth-order valence-electron chi connectivity index (χ4n) is 2.15. The Balaban J connectivity index is 2.20. The van der Waals surface area contributed by atoms with E-state index in [1.807, 2.05) is 18.2 Å². The lowest BCUT2D eigenvalue weighted by molar-refractivity contribution is 0.0695. The average molecular weight is 270 g/mol. The number of pyridine rings is 1. The van der Waals surface area contributed by atoms with Crippen molar-refractivity contribution >= 4 is 11.8 Å². The third-order valence-corrected chi connectivity index (χ3v) is 3.25. The molecule has 4 nitrogen and oxygen atoms in total. The first-order valence-electron chi connectivity index (χ1n) is 6.64. The molecular weight excluding hydrogens is 252 g/mol. The van der Waals surface area contributed by atoms with Crippen LogP contribution in [-0.4, -0.2) is 16.1 Å². The molecule has 0 aliphatic rings. The fraction of sp³-hybridized carbons (Fsp3) is 0.250. The number of benzene rings is 1. The zero-order valence-electron chi connectivity index (χ0n) is 11.6. The molecule has 0 saturated heterocycles. The van der Waals surface area contributed by atoms with Gasteiger partial charge in [-0.2, -0.15) is 0 Å². The summed E-state index contributed by atoms with van der Waals surface area (Å²) in [6.45, 7) is 3.81. The second kappa shape index (κ2) is 6.19. The van der Waals surface area contributed by atoms with Crippen LogP contribution in [0.15, 0.2) is 42.5 Å². The summed E-state index contributed by atoms with van der Waals surface area (Å²) in [5, 5.41) is 12.4. The molecule has 4 heteroatoms. The van der Waals surface area contributed by atoms with E-state index in [1.165, 1.54) is 5.56 Å². The molecule has 0 aliphatic heterocycles. The maximum Gasteiger partial charge on any atom is 0.337 e. The second-order valence-electron chi connectivity index (χ2n) is 4.65. The molecule has 1 heterocycles. The fourth-order valence-corrected chi connectivity index (χ4v) is 2.15. The van der Waals surface area contributed by atoms with Gasteiger partial charge in [0.2, 0.25) is 0 Å².